The Balaban J connectivity index is 0.00000167. The van der Waals surface area contributed by atoms with Gasteiger partial charge < -0.3 is 30.2 Å². The number of hydrogen-bond donors (Lipinski definition) is 4. The number of anilines is 2. The number of hydrogen-bond acceptors (Lipinski definition) is 6. The molecule has 1 aliphatic heterocycles. The number of carbonyl (C=O) groups is 1. The third kappa shape index (κ3) is 5.81. The van der Waals surface area contributed by atoms with Crippen LogP contribution in [-0.2, 0) is 6.42 Å². The van der Waals surface area contributed by atoms with Crippen LogP contribution in [0.2, 0.25) is 0 Å². The first-order valence-electron chi connectivity index (χ1n) is 11.3. The standard InChI is InChI=1S/C25H27FN4O3.CH4O/c1-15(2)6-5-13-33-20-14-27-11-9-16(20)22-23(21-18(29-22)10-12-28-25(21)31)30-19-8-4-7-17(26)24(19)32-3;1-2/h4,6-9,11,14,29-30H,5,10,12-13H2,1-3H3,(H,28,31);2H,1H3. The molecule has 35 heavy (non-hydrogen) atoms. The van der Waals surface area contributed by atoms with E-state index in [9.17, 15) is 9.18 Å². The Morgan fingerprint density at radius 3 is 2.83 bits per heavy atom. The van der Waals surface area contributed by atoms with Crippen molar-refractivity contribution in [2.45, 2.75) is 26.7 Å². The van der Waals surface area contributed by atoms with Crippen molar-refractivity contribution >= 4 is 17.3 Å². The van der Waals surface area contributed by atoms with Crippen LogP contribution in [0.3, 0.4) is 0 Å². The summed E-state index contributed by atoms with van der Waals surface area (Å²) in [5, 5.41) is 13.1. The quantitative estimate of drug-likeness (QED) is 0.276. The highest BCUT2D eigenvalue weighted by Crippen LogP contribution is 2.41. The van der Waals surface area contributed by atoms with Gasteiger partial charge in [0.15, 0.2) is 11.6 Å². The Morgan fingerprint density at radius 1 is 1.29 bits per heavy atom. The van der Waals surface area contributed by atoms with E-state index in [0.717, 1.165) is 24.8 Å². The second kappa shape index (κ2) is 12.0. The fourth-order valence-electron chi connectivity index (χ4n) is 3.87. The highest BCUT2D eigenvalue weighted by atomic mass is 19.1. The van der Waals surface area contributed by atoms with Gasteiger partial charge >= 0.3 is 0 Å². The number of aromatic amines is 1. The average Bonchev–Trinajstić information content (AvgIpc) is 3.23. The maximum Gasteiger partial charge on any atom is 0.255 e. The summed E-state index contributed by atoms with van der Waals surface area (Å²) in [6.45, 7) is 5.12. The molecule has 0 radical (unpaired) electrons. The van der Waals surface area contributed by atoms with E-state index in [1.54, 1.807) is 24.5 Å². The van der Waals surface area contributed by atoms with Crippen molar-refractivity contribution in [1.29, 1.82) is 0 Å². The lowest BCUT2D eigenvalue weighted by Gasteiger charge is -2.17. The lowest BCUT2D eigenvalue weighted by molar-refractivity contribution is 0.0947. The molecular formula is C26H31FN4O4. The van der Waals surface area contributed by atoms with Gasteiger partial charge in [0.05, 0.1) is 42.5 Å². The summed E-state index contributed by atoms with van der Waals surface area (Å²) in [5.74, 6) is -0.0303. The van der Waals surface area contributed by atoms with Gasteiger partial charge in [-0.15, -0.1) is 0 Å². The van der Waals surface area contributed by atoms with Crippen molar-refractivity contribution in [2.75, 3.05) is 32.7 Å². The number of methoxy groups -OCH3 is 1. The van der Waals surface area contributed by atoms with Crippen molar-refractivity contribution in [3.8, 4) is 22.8 Å². The highest BCUT2D eigenvalue weighted by molar-refractivity contribution is 6.06. The molecule has 8 nitrogen and oxygen atoms in total. The van der Waals surface area contributed by atoms with E-state index < -0.39 is 5.82 Å². The average molecular weight is 483 g/mol. The lowest BCUT2D eigenvalue weighted by Crippen LogP contribution is -2.31. The zero-order valence-corrected chi connectivity index (χ0v) is 20.4. The van der Waals surface area contributed by atoms with Crippen LogP contribution in [-0.4, -0.2) is 48.4 Å². The number of aromatic nitrogens is 2. The number of halogens is 1. The molecule has 1 amide bonds. The summed E-state index contributed by atoms with van der Waals surface area (Å²) >= 11 is 0. The maximum absolute atomic E-state index is 14.3. The number of para-hydroxylation sites is 1. The van der Waals surface area contributed by atoms with Crippen LogP contribution >= 0.6 is 0 Å². The molecule has 1 aromatic carbocycles. The van der Waals surface area contributed by atoms with Crippen LogP contribution in [0.25, 0.3) is 11.3 Å². The molecule has 9 heteroatoms. The van der Waals surface area contributed by atoms with Crippen molar-refractivity contribution in [1.82, 2.24) is 15.3 Å². The number of allylic oxidation sites excluding steroid dienone is 1. The first-order valence-corrected chi connectivity index (χ1v) is 11.3. The van der Waals surface area contributed by atoms with Crippen LogP contribution in [0.15, 0.2) is 48.3 Å². The number of fused-ring (bicyclic) bond motifs is 1. The molecule has 0 fully saturated rings. The molecule has 4 rings (SSSR count). The van der Waals surface area contributed by atoms with Gasteiger partial charge in [-0.3, -0.25) is 9.78 Å². The van der Waals surface area contributed by atoms with E-state index in [1.807, 2.05) is 19.9 Å². The summed E-state index contributed by atoms with van der Waals surface area (Å²) in [7, 11) is 2.41. The third-order valence-corrected chi connectivity index (χ3v) is 5.38. The number of ether oxygens (including phenoxy) is 2. The summed E-state index contributed by atoms with van der Waals surface area (Å²) in [5.41, 5.74) is 4.90. The van der Waals surface area contributed by atoms with Crippen LogP contribution in [0.5, 0.6) is 11.5 Å². The number of H-pyrrole nitrogens is 1. The second-order valence-electron chi connectivity index (χ2n) is 7.97. The topological polar surface area (TPSA) is 108 Å². The number of nitrogens with one attached hydrogen (secondary N) is 3. The van der Waals surface area contributed by atoms with E-state index in [2.05, 4.69) is 26.7 Å². The Morgan fingerprint density at radius 2 is 2.09 bits per heavy atom. The van der Waals surface area contributed by atoms with Crippen LogP contribution in [0, 0.1) is 5.82 Å². The van der Waals surface area contributed by atoms with E-state index in [0.29, 0.717) is 48.0 Å². The lowest BCUT2D eigenvalue weighted by atomic mass is 10.0. The highest BCUT2D eigenvalue weighted by Gasteiger charge is 2.28. The minimum absolute atomic E-state index is 0.0718. The molecule has 2 aromatic heterocycles. The summed E-state index contributed by atoms with van der Waals surface area (Å²) in [4.78, 5) is 20.4. The number of amides is 1. The number of carbonyl (C=O) groups excluding carboxylic acids is 1. The van der Waals surface area contributed by atoms with Crippen molar-refractivity contribution in [3.63, 3.8) is 0 Å². The van der Waals surface area contributed by atoms with Crippen LogP contribution in [0.4, 0.5) is 15.8 Å². The van der Waals surface area contributed by atoms with Gasteiger partial charge in [-0.25, -0.2) is 4.39 Å². The Bertz CT molecular complexity index is 1200. The number of nitrogens with zero attached hydrogens (tertiary/aromatic N) is 1. The zero-order chi connectivity index (χ0) is 25.4. The van der Waals surface area contributed by atoms with Crippen molar-refractivity contribution in [2.24, 2.45) is 0 Å². The Kier molecular flexibility index (Phi) is 8.86. The molecule has 0 aliphatic carbocycles. The Labute approximate surface area is 204 Å². The number of aliphatic hydroxyl groups is 1. The molecule has 1 aliphatic rings. The molecule has 0 saturated carbocycles. The SMILES string of the molecule is CO.COc1c(F)cccc1Nc1c(-c2ccncc2OCCC=C(C)C)[nH]c2c1C(=O)NCC2. The van der Waals surface area contributed by atoms with Gasteiger partial charge in [0.1, 0.15) is 5.75 Å². The molecule has 0 atom stereocenters. The fourth-order valence-corrected chi connectivity index (χ4v) is 3.87. The number of aliphatic hydroxyl groups excluding tert-OH is 1. The van der Waals surface area contributed by atoms with E-state index in [4.69, 9.17) is 14.6 Å². The van der Waals surface area contributed by atoms with Crippen LogP contribution < -0.4 is 20.1 Å². The largest absolute Gasteiger partial charge is 0.492 e. The van der Waals surface area contributed by atoms with Gasteiger partial charge in [0, 0.05) is 37.5 Å². The normalized spacial score (nSPS) is 12.0. The summed E-state index contributed by atoms with van der Waals surface area (Å²) in [6.07, 6.45) is 6.86. The monoisotopic (exact) mass is 482 g/mol. The van der Waals surface area contributed by atoms with Crippen molar-refractivity contribution < 1.29 is 23.8 Å². The molecule has 4 N–H and O–H groups in total. The summed E-state index contributed by atoms with van der Waals surface area (Å²) < 4.78 is 25.6. The number of benzene rings is 1. The molecular weight excluding hydrogens is 451 g/mol. The smallest absolute Gasteiger partial charge is 0.255 e. The fraction of sp³-hybridized carbons (Fsp3) is 0.308. The predicted octanol–water partition coefficient (Wildman–Crippen LogP) is 4.60. The first kappa shape index (κ1) is 25.8. The molecule has 0 bridgehead atoms. The number of pyridine rings is 1. The molecule has 0 unspecified atom stereocenters. The minimum atomic E-state index is -0.495. The molecule has 0 spiro atoms. The van der Waals surface area contributed by atoms with E-state index in [-0.39, 0.29) is 11.7 Å². The van der Waals surface area contributed by atoms with Gasteiger partial charge in [-0.05, 0) is 38.5 Å². The van der Waals surface area contributed by atoms with Crippen molar-refractivity contribution in [3.05, 3.63) is 65.4 Å². The van der Waals surface area contributed by atoms with Gasteiger partial charge in [0.2, 0.25) is 0 Å². The minimum Gasteiger partial charge on any atom is -0.492 e. The third-order valence-electron chi connectivity index (χ3n) is 5.38. The van der Waals surface area contributed by atoms with Crippen LogP contribution in [0.1, 0.15) is 36.3 Å². The van der Waals surface area contributed by atoms with Gasteiger partial charge in [-0.2, -0.15) is 0 Å². The molecule has 186 valence electrons. The van der Waals surface area contributed by atoms with Gasteiger partial charge in [0.25, 0.3) is 5.91 Å². The molecule has 3 heterocycles. The summed E-state index contributed by atoms with van der Waals surface area (Å²) in [6, 6.07) is 6.45. The first-order chi connectivity index (χ1) is 17.0. The van der Waals surface area contributed by atoms with E-state index >= 15 is 0 Å². The zero-order valence-electron chi connectivity index (χ0n) is 20.4. The molecule has 3 aromatic rings. The number of rotatable bonds is 8. The molecule has 0 saturated heterocycles. The predicted molar refractivity (Wildman–Crippen MR) is 134 cm³/mol. The van der Waals surface area contributed by atoms with E-state index in [1.165, 1.54) is 18.7 Å². The second-order valence-corrected chi connectivity index (χ2v) is 7.97. The maximum atomic E-state index is 14.3. The van der Waals surface area contributed by atoms with Gasteiger partial charge in [-0.1, -0.05) is 17.7 Å². The Hall–Kier alpha value is -3.85.